The van der Waals surface area contributed by atoms with Crippen LogP contribution in [0.3, 0.4) is 0 Å². The van der Waals surface area contributed by atoms with Crippen molar-refractivity contribution >= 4 is 23.9 Å². The second kappa shape index (κ2) is 50.0. The van der Waals surface area contributed by atoms with Gasteiger partial charge in [-0.3, -0.25) is 14.4 Å². The largest absolute Gasteiger partial charge is 0.479 e. The lowest BCUT2D eigenvalue weighted by Gasteiger charge is -2.40. The van der Waals surface area contributed by atoms with Gasteiger partial charge in [0.2, 0.25) is 0 Å². The number of unbranched alkanes of at least 4 members (excludes halogenated alkanes) is 34. The van der Waals surface area contributed by atoms with Crippen LogP contribution >= 0.6 is 0 Å². The molecule has 73 heavy (non-hydrogen) atoms. The predicted molar refractivity (Wildman–Crippen MR) is 294 cm³/mol. The van der Waals surface area contributed by atoms with E-state index in [-0.39, 0.29) is 25.9 Å². The van der Waals surface area contributed by atoms with Crippen molar-refractivity contribution in [3.8, 4) is 0 Å². The zero-order valence-electron chi connectivity index (χ0n) is 46.9. The van der Waals surface area contributed by atoms with Crippen molar-refractivity contribution in [2.24, 2.45) is 0 Å². The van der Waals surface area contributed by atoms with Crippen molar-refractivity contribution in [2.75, 3.05) is 13.2 Å². The average Bonchev–Trinajstić information content (AvgIpc) is 3.37. The zero-order chi connectivity index (χ0) is 53.3. The molecule has 1 rings (SSSR count). The Hall–Kier alpha value is -2.80. The number of aliphatic hydroxyl groups is 2. The first-order valence-electron chi connectivity index (χ1n) is 30.3. The lowest BCUT2D eigenvalue weighted by Crippen LogP contribution is -2.61. The van der Waals surface area contributed by atoms with E-state index < -0.39 is 67.3 Å². The maximum atomic E-state index is 13.1. The van der Waals surface area contributed by atoms with Gasteiger partial charge in [-0.1, -0.05) is 244 Å². The van der Waals surface area contributed by atoms with E-state index in [0.29, 0.717) is 19.3 Å². The van der Waals surface area contributed by atoms with Crippen LogP contribution in [0, 0.1) is 0 Å². The van der Waals surface area contributed by atoms with Gasteiger partial charge in [0.05, 0.1) is 6.61 Å². The van der Waals surface area contributed by atoms with Gasteiger partial charge in [0.1, 0.15) is 18.8 Å². The van der Waals surface area contributed by atoms with Gasteiger partial charge in [0.15, 0.2) is 24.6 Å². The van der Waals surface area contributed by atoms with Gasteiger partial charge in [-0.2, -0.15) is 0 Å². The first-order chi connectivity index (χ1) is 35.6. The number of aliphatic hydroxyl groups excluding tert-OH is 2. The van der Waals surface area contributed by atoms with E-state index in [4.69, 9.17) is 23.7 Å². The molecule has 0 spiro atoms. The van der Waals surface area contributed by atoms with Crippen molar-refractivity contribution in [3.05, 3.63) is 24.3 Å². The van der Waals surface area contributed by atoms with E-state index in [1.165, 1.54) is 148 Å². The van der Waals surface area contributed by atoms with Crippen molar-refractivity contribution in [1.82, 2.24) is 0 Å². The Balaban J connectivity index is 2.67. The van der Waals surface area contributed by atoms with E-state index in [1.54, 1.807) is 0 Å². The number of carboxylic acid groups (broad SMARTS) is 1. The monoisotopic (exact) mass is 1030 g/mol. The summed E-state index contributed by atoms with van der Waals surface area (Å²) in [5.41, 5.74) is 0. The molecule has 0 aromatic rings. The fourth-order valence-corrected chi connectivity index (χ4v) is 9.34. The lowest BCUT2D eigenvalue weighted by atomic mass is 9.98. The third-order valence-corrected chi connectivity index (χ3v) is 14.0. The molecule has 0 saturated carbocycles. The minimum atomic E-state index is -1.90. The standard InChI is InChI=1S/C61H110O12/c1-4-7-10-13-16-19-22-24-26-27-29-30-33-35-38-41-44-47-53(62)69-50-52(71-54(63)48-45-42-39-37-34-31-28-25-23-20-17-14-11-8-5-2)51-70-61-59(57(66)56(65)58(73-61)60(67)68)72-55(64)49-46-43-40-36-32-21-18-15-12-9-6-3/h16,19,24,26,52,56-59,61,65-66H,4-15,17-18,20-23,25,27-51H2,1-3H3,(H,67,68)/b19-16-,26-24-. The summed E-state index contributed by atoms with van der Waals surface area (Å²) in [6, 6.07) is 0. The molecule has 426 valence electrons. The number of allylic oxidation sites excluding steroid dienone is 4. The van der Waals surface area contributed by atoms with Gasteiger partial charge in [-0.15, -0.1) is 0 Å². The van der Waals surface area contributed by atoms with E-state index in [2.05, 4.69) is 45.1 Å². The summed E-state index contributed by atoms with van der Waals surface area (Å²) in [4.78, 5) is 51.1. The van der Waals surface area contributed by atoms with E-state index in [9.17, 15) is 34.5 Å². The summed E-state index contributed by atoms with van der Waals surface area (Å²) in [6.07, 6.45) is 44.3. The molecule has 0 radical (unpaired) electrons. The van der Waals surface area contributed by atoms with Gasteiger partial charge in [-0.25, -0.2) is 4.79 Å². The summed E-state index contributed by atoms with van der Waals surface area (Å²) in [5, 5.41) is 31.4. The van der Waals surface area contributed by atoms with Crippen LogP contribution in [0.1, 0.15) is 290 Å². The lowest BCUT2D eigenvalue weighted by molar-refractivity contribution is -0.301. The van der Waals surface area contributed by atoms with Crippen molar-refractivity contribution in [2.45, 2.75) is 327 Å². The van der Waals surface area contributed by atoms with Crippen molar-refractivity contribution in [3.63, 3.8) is 0 Å². The van der Waals surface area contributed by atoms with Gasteiger partial charge < -0.3 is 39.0 Å². The molecule has 6 unspecified atom stereocenters. The number of esters is 3. The summed E-state index contributed by atoms with van der Waals surface area (Å²) in [6.45, 7) is 5.98. The summed E-state index contributed by atoms with van der Waals surface area (Å²) in [7, 11) is 0. The van der Waals surface area contributed by atoms with Gasteiger partial charge >= 0.3 is 23.9 Å². The first kappa shape index (κ1) is 68.2. The third-order valence-electron chi connectivity index (χ3n) is 14.0. The van der Waals surface area contributed by atoms with Crippen LogP contribution in [0.2, 0.25) is 0 Å². The number of carbonyl (C=O) groups is 4. The highest BCUT2D eigenvalue weighted by Crippen LogP contribution is 2.27. The minimum absolute atomic E-state index is 0.0660. The molecule has 0 bridgehead atoms. The van der Waals surface area contributed by atoms with Crippen molar-refractivity contribution in [1.29, 1.82) is 0 Å². The summed E-state index contributed by atoms with van der Waals surface area (Å²) in [5.74, 6) is -3.10. The van der Waals surface area contributed by atoms with Crippen LogP contribution in [-0.2, 0) is 42.9 Å². The highest BCUT2D eigenvalue weighted by Gasteiger charge is 2.50. The summed E-state index contributed by atoms with van der Waals surface area (Å²) >= 11 is 0. The van der Waals surface area contributed by atoms with Crippen LogP contribution < -0.4 is 0 Å². The maximum Gasteiger partial charge on any atom is 0.335 e. The maximum absolute atomic E-state index is 13.1. The molecule has 6 atom stereocenters. The summed E-state index contributed by atoms with van der Waals surface area (Å²) < 4.78 is 28.4. The molecule has 1 heterocycles. The molecule has 0 aliphatic carbocycles. The number of hydrogen-bond acceptors (Lipinski definition) is 11. The molecule has 0 aromatic carbocycles. The fraction of sp³-hybridized carbons (Fsp3) is 0.869. The predicted octanol–water partition coefficient (Wildman–Crippen LogP) is 15.5. The Kier molecular flexibility index (Phi) is 46.8. The first-order valence-corrected chi connectivity index (χ1v) is 30.3. The minimum Gasteiger partial charge on any atom is -0.479 e. The smallest absolute Gasteiger partial charge is 0.335 e. The second-order valence-corrected chi connectivity index (χ2v) is 21.0. The van der Waals surface area contributed by atoms with Gasteiger partial charge in [0, 0.05) is 19.3 Å². The third kappa shape index (κ3) is 40.2. The molecular weight excluding hydrogens is 925 g/mol. The quantitative estimate of drug-likeness (QED) is 0.0228. The molecular formula is C61H110O12. The number of carbonyl (C=O) groups excluding carboxylic acids is 3. The Morgan fingerprint density at radius 3 is 1.26 bits per heavy atom. The molecule has 0 amide bonds. The van der Waals surface area contributed by atoms with E-state index in [1.807, 2.05) is 0 Å². The molecule has 0 aromatic heterocycles. The molecule has 12 heteroatoms. The molecule has 1 aliphatic heterocycles. The molecule has 1 saturated heterocycles. The number of hydrogen-bond donors (Lipinski definition) is 3. The topological polar surface area (TPSA) is 175 Å². The number of carboxylic acids is 1. The number of aliphatic carboxylic acids is 1. The SMILES string of the molecule is CCCCC/C=C\C/C=C\CCCCCCCCCC(=O)OCC(COC1OC(C(=O)O)C(O)C(O)C1OC(=O)CCCCCCCCCCCCC)OC(=O)CCCCCCCCCCCCCCCCC. The van der Waals surface area contributed by atoms with Crippen LogP contribution in [0.25, 0.3) is 0 Å². The van der Waals surface area contributed by atoms with Gasteiger partial charge in [0.25, 0.3) is 0 Å². The molecule has 1 fully saturated rings. The number of ether oxygens (including phenoxy) is 5. The van der Waals surface area contributed by atoms with E-state index >= 15 is 0 Å². The average molecular weight is 1040 g/mol. The fourth-order valence-electron chi connectivity index (χ4n) is 9.34. The Bertz CT molecular complexity index is 1370. The molecule has 3 N–H and O–H groups in total. The second-order valence-electron chi connectivity index (χ2n) is 21.0. The van der Waals surface area contributed by atoms with Gasteiger partial charge in [-0.05, 0) is 51.4 Å². The Labute approximate surface area is 445 Å². The van der Waals surface area contributed by atoms with Crippen LogP contribution in [0.15, 0.2) is 24.3 Å². The molecule has 12 nitrogen and oxygen atoms in total. The zero-order valence-corrected chi connectivity index (χ0v) is 46.9. The van der Waals surface area contributed by atoms with Crippen LogP contribution in [0.4, 0.5) is 0 Å². The van der Waals surface area contributed by atoms with Crippen LogP contribution in [-0.4, -0.2) is 89.2 Å². The van der Waals surface area contributed by atoms with Crippen molar-refractivity contribution < 1.29 is 58.2 Å². The Morgan fingerprint density at radius 1 is 0.452 bits per heavy atom. The van der Waals surface area contributed by atoms with Crippen LogP contribution in [0.5, 0.6) is 0 Å². The number of rotatable bonds is 52. The highest BCUT2D eigenvalue weighted by atomic mass is 16.7. The normalized spacial score (nSPS) is 18.4. The van der Waals surface area contributed by atoms with E-state index in [0.717, 1.165) is 83.5 Å². The highest BCUT2D eigenvalue weighted by molar-refractivity contribution is 5.74. The Morgan fingerprint density at radius 2 is 0.822 bits per heavy atom. The molecule has 1 aliphatic rings.